The van der Waals surface area contributed by atoms with Crippen LogP contribution in [0.15, 0.2) is 24.3 Å². The zero-order valence-electron chi connectivity index (χ0n) is 13.4. The summed E-state index contributed by atoms with van der Waals surface area (Å²) in [6, 6.07) is 8.29. The zero-order chi connectivity index (χ0) is 15.2. The molecule has 0 spiro atoms. The van der Waals surface area contributed by atoms with Crippen molar-refractivity contribution < 1.29 is 4.79 Å². The van der Waals surface area contributed by atoms with E-state index >= 15 is 0 Å². The second-order valence-corrected chi connectivity index (χ2v) is 5.93. The number of anilines is 1. The molecular weight excluding hydrogens is 262 g/mol. The highest BCUT2D eigenvalue weighted by atomic mass is 16.2. The van der Waals surface area contributed by atoms with Gasteiger partial charge in [0.15, 0.2) is 0 Å². The average molecular weight is 289 g/mol. The number of nitrogens with one attached hydrogen (secondary N) is 1. The van der Waals surface area contributed by atoms with Crippen molar-refractivity contribution in [2.45, 2.75) is 32.2 Å². The molecule has 2 rings (SSSR count). The molecule has 1 fully saturated rings. The standard InChI is InChI=1S/C17H27N3O/c1-4-11-18-16-10-6-5-9-15(16)17(21)20(3)13-14-8-7-12-19(14)2/h5-6,9-10,14,18H,4,7-8,11-13H2,1-3H3. The van der Waals surface area contributed by atoms with E-state index in [9.17, 15) is 4.79 Å². The van der Waals surface area contributed by atoms with Crippen molar-refractivity contribution in [1.82, 2.24) is 9.80 Å². The van der Waals surface area contributed by atoms with E-state index in [1.54, 1.807) is 0 Å². The molecule has 1 heterocycles. The van der Waals surface area contributed by atoms with E-state index in [1.807, 2.05) is 36.2 Å². The number of carbonyl (C=O) groups is 1. The van der Waals surface area contributed by atoms with Gasteiger partial charge in [-0.15, -0.1) is 0 Å². The number of benzene rings is 1. The largest absolute Gasteiger partial charge is 0.384 e. The minimum absolute atomic E-state index is 0.106. The molecule has 1 aromatic carbocycles. The molecule has 116 valence electrons. The summed E-state index contributed by atoms with van der Waals surface area (Å²) in [7, 11) is 4.05. The highest BCUT2D eigenvalue weighted by Gasteiger charge is 2.25. The lowest BCUT2D eigenvalue weighted by Crippen LogP contribution is -2.39. The molecule has 1 aromatic rings. The number of nitrogens with zero attached hydrogens (tertiary/aromatic N) is 2. The van der Waals surface area contributed by atoms with Crippen molar-refractivity contribution >= 4 is 11.6 Å². The van der Waals surface area contributed by atoms with Crippen LogP contribution in [-0.2, 0) is 0 Å². The minimum Gasteiger partial charge on any atom is -0.384 e. The highest BCUT2D eigenvalue weighted by Crippen LogP contribution is 2.19. The molecule has 1 saturated heterocycles. The minimum atomic E-state index is 0.106. The van der Waals surface area contributed by atoms with Gasteiger partial charge in [-0.25, -0.2) is 0 Å². The molecule has 1 amide bonds. The van der Waals surface area contributed by atoms with Gasteiger partial charge in [0.05, 0.1) is 5.56 Å². The molecule has 0 saturated carbocycles. The van der Waals surface area contributed by atoms with Crippen LogP contribution in [0.1, 0.15) is 36.5 Å². The molecule has 4 heteroatoms. The fourth-order valence-corrected chi connectivity index (χ4v) is 2.90. The van der Waals surface area contributed by atoms with Crippen LogP contribution in [0, 0.1) is 0 Å². The van der Waals surface area contributed by atoms with Crippen molar-refractivity contribution in [3.8, 4) is 0 Å². The van der Waals surface area contributed by atoms with Gasteiger partial charge in [-0.05, 0) is 45.0 Å². The quantitative estimate of drug-likeness (QED) is 0.874. The molecule has 4 nitrogen and oxygen atoms in total. The second kappa shape index (κ2) is 7.46. The molecule has 1 aliphatic rings. The van der Waals surface area contributed by atoms with E-state index in [2.05, 4.69) is 24.2 Å². The van der Waals surface area contributed by atoms with Gasteiger partial charge < -0.3 is 15.1 Å². The van der Waals surface area contributed by atoms with Gasteiger partial charge in [-0.2, -0.15) is 0 Å². The maximum absolute atomic E-state index is 12.7. The number of para-hydroxylation sites is 1. The lowest BCUT2D eigenvalue weighted by molar-refractivity contribution is 0.0762. The molecule has 21 heavy (non-hydrogen) atoms. The van der Waals surface area contributed by atoms with E-state index < -0.39 is 0 Å². The summed E-state index contributed by atoms with van der Waals surface area (Å²) in [5, 5.41) is 3.34. The first-order valence-corrected chi connectivity index (χ1v) is 7.92. The van der Waals surface area contributed by atoms with Crippen molar-refractivity contribution in [2.24, 2.45) is 0 Å². The molecule has 1 N–H and O–H groups in total. The third-order valence-corrected chi connectivity index (χ3v) is 4.23. The Morgan fingerprint density at radius 3 is 2.86 bits per heavy atom. The summed E-state index contributed by atoms with van der Waals surface area (Å²) >= 11 is 0. The monoisotopic (exact) mass is 289 g/mol. The Balaban J connectivity index is 2.04. The maximum Gasteiger partial charge on any atom is 0.255 e. The van der Waals surface area contributed by atoms with E-state index in [-0.39, 0.29) is 5.91 Å². The van der Waals surface area contributed by atoms with Crippen molar-refractivity contribution in [1.29, 1.82) is 0 Å². The predicted molar refractivity (Wildman–Crippen MR) is 87.8 cm³/mol. The smallest absolute Gasteiger partial charge is 0.255 e. The fraction of sp³-hybridized carbons (Fsp3) is 0.588. The number of hydrogen-bond acceptors (Lipinski definition) is 3. The summed E-state index contributed by atoms with van der Waals surface area (Å²) in [5.41, 5.74) is 1.71. The maximum atomic E-state index is 12.7. The van der Waals surface area contributed by atoms with Crippen LogP contribution in [-0.4, -0.2) is 55.5 Å². The van der Waals surface area contributed by atoms with Crippen LogP contribution in [0.25, 0.3) is 0 Å². The second-order valence-electron chi connectivity index (χ2n) is 5.93. The highest BCUT2D eigenvalue weighted by molar-refractivity contribution is 5.99. The van der Waals surface area contributed by atoms with E-state index in [0.717, 1.165) is 37.3 Å². The predicted octanol–water partition coefficient (Wildman–Crippen LogP) is 2.67. The van der Waals surface area contributed by atoms with Crippen molar-refractivity contribution in [3.63, 3.8) is 0 Å². The Hall–Kier alpha value is -1.55. The topological polar surface area (TPSA) is 35.6 Å². The van der Waals surface area contributed by atoms with Gasteiger partial charge in [0.1, 0.15) is 0 Å². The van der Waals surface area contributed by atoms with Crippen LogP contribution in [0.5, 0.6) is 0 Å². The molecule has 1 aliphatic heterocycles. The molecule has 1 unspecified atom stereocenters. The van der Waals surface area contributed by atoms with E-state index in [1.165, 1.54) is 12.8 Å². The Morgan fingerprint density at radius 1 is 1.43 bits per heavy atom. The van der Waals surface area contributed by atoms with Gasteiger partial charge in [-0.3, -0.25) is 4.79 Å². The van der Waals surface area contributed by atoms with Crippen LogP contribution in [0.4, 0.5) is 5.69 Å². The lowest BCUT2D eigenvalue weighted by atomic mass is 10.1. The van der Waals surface area contributed by atoms with Gasteiger partial charge >= 0.3 is 0 Å². The Kier molecular flexibility index (Phi) is 5.62. The molecule has 1 atom stereocenters. The zero-order valence-corrected chi connectivity index (χ0v) is 13.4. The summed E-state index contributed by atoms with van der Waals surface area (Å²) in [5.74, 6) is 0.106. The Bertz CT molecular complexity index is 475. The van der Waals surface area contributed by atoms with Crippen LogP contribution in [0.2, 0.25) is 0 Å². The van der Waals surface area contributed by atoms with Gasteiger partial charge in [0.2, 0.25) is 0 Å². The van der Waals surface area contributed by atoms with E-state index in [4.69, 9.17) is 0 Å². The third kappa shape index (κ3) is 3.97. The lowest BCUT2D eigenvalue weighted by Gasteiger charge is -2.26. The number of amides is 1. The van der Waals surface area contributed by atoms with Gasteiger partial charge in [0.25, 0.3) is 5.91 Å². The summed E-state index contributed by atoms with van der Waals surface area (Å²) in [6.45, 7) is 4.96. The van der Waals surface area contributed by atoms with Crippen LogP contribution in [0.3, 0.4) is 0 Å². The first-order valence-electron chi connectivity index (χ1n) is 7.92. The molecular formula is C17H27N3O. The summed E-state index contributed by atoms with van der Waals surface area (Å²) in [6.07, 6.45) is 3.47. The first kappa shape index (κ1) is 15.8. The Morgan fingerprint density at radius 2 is 2.19 bits per heavy atom. The number of likely N-dealkylation sites (tertiary alicyclic amines) is 1. The normalized spacial score (nSPS) is 18.7. The SMILES string of the molecule is CCCNc1ccccc1C(=O)N(C)CC1CCCN1C. The van der Waals surface area contributed by atoms with Crippen molar-refractivity contribution in [2.75, 3.05) is 39.0 Å². The van der Waals surface area contributed by atoms with Gasteiger partial charge in [-0.1, -0.05) is 19.1 Å². The van der Waals surface area contributed by atoms with Crippen molar-refractivity contribution in [3.05, 3.63) is 29.8 Å². The molecule has 0 bridgehead atoms. The Labute approximate surface area is 128 Å². The van der Waals surface area contributed by atoms with Gasteiger partial charge in [0, 0.05) is 31.9 Å². The summed E-state index contributed by atoms with van der Waals surface area (Å²) in [4.78, 5) is 16.9. The molecule has 0 radical (unpaired) electrons. The number of rotatable bonds is 6. The molecule has 0 aliphatic carbocycles. The fourth-order valence-electron chi connectivity index (χ4n) is 2.90. The molecule has 0 aromatic heterocycles. The van der Waals surface area contributed by atoms with E-state index in [0.29, 0.717) is 6.04 Å². The first-order chi connectivity index (χ1) is 10.1. The number of hydrogen-bond donors (Lipinski definition) is 1. The summed E-state index contributed by atoms with van der Waals surface area (Å²) < 4.78 is 0. The van der Waals surface area contributed by atoms with Crippen LogP contribution < -0.4 is 5.32 Å². The average Bonchev–Trinajstić information content (AvgIpc) is 2.90. The van der Waals surface area contributed by atoms with Crippen LogP contribution >= 0.6 is 0 Å². The third-order valence-electron chi connectivity index (χ3n) is 4.23. The number of likely N-dealkylation sites (N-methyl/N-ethyl adjacent to an activating group) is 2. The number of carbonyl (C=O) groups excluding carboxylic acids is 1.